The highest BCUT2D eigenvalue weighted by atomic mass is 16.3. The maximum absolute atomic E-state index is 9.58. The second-order valence-electron chi connectivity index (χ2n) is 5.22. The maximum atomic E-state index is 9.58. The van der Waals surface area contributed by atoms with Crippen molar-refractivity contribution in [1.82, 2.24) is 0 Å². The quantitative estimate of drug-likeness (QED) is 0.568. The van der Waals surface area contributed by atoms with Crippen LogP contribution < -0.4 is 0 Å². The van der Waals surface area contributed by atoms with Gasteiger partial charge in [0.1, 0.15) is 0 Å². The molecule has 0 aromatic carbocycles. The first-order chi connectivity index (χ1) is 6.09. The second-order valence-corrected chi connectivity index (χ2v) is 5.22. The Kier molecular flexibility index (Phi) is 2.23. The molecular formula is C12H20O. The van der Waals surface area contributed by atoms with Crippen LogP contribution in [-0.4, -0.2) is 11.2 Å². The van der Waals surface area contributed by atoms with E-state index in [1.54, 1.807) is 11.1 Å². The van der Waals surface area contributed by atoms with E-state index in [2.05, 4.69) is 13.8 Å². The molecule has 2 aliphatic rings. The summed E-state index contributed by atoms with van der Waals surface area (Å²) in [6.07, 6.45) is 6.94. The molecule has 2 aliphatic carbocycles. The van der Waals surface area contributed by atoms with Crippen LogP contribution in [0.2, 0.25) is 0 Å². The van der Waals surface area contributed by atoms with Crippen molar-refractivity contribution < 1.29 is 5.11 Å². The van der Waals surface area contributed by atoms with Crippen LogP contribution in [0.4, 0.5) is 0 Å². The Labute approximate surface area is 80.8 Å². The Morgan fingerprint density at radius 2 is 2.08 bits per heavy atom. The van der Waals surface area contributed by atoms with Gasteiger partial charge < -0.3 is 5.11 Å². The molecule has 0 amide bonds. The number of hydrogen-bond acceptors (Lipinski definition) is 1. The standard InChI is InChI=1S/C12H20O/c1-12(2)7-3-4-9-8-10(13)5-6-11(9)12/h10,13H,3-8H2,1-2H3. The number of allylic oxidation sites excluding steroid dienone is 1. The van der Waals surface area contributed by atoms with Gasteiger partial charge in [-0.2, -0.15) is 0 Å². The molecule has 2 rings (SSSR count). The lowest BCUT2D eigenvalue weighted by Gasteiger charge is -2.39. The van der Waals surface area contributed by atoms with Gasteiger partial charge >= 0.3 is 0 Å². The van der Waals surface area contributed by atoms with Crippen LogP contribution in [0.25, 0.3) is 0 Å². The van der Waals surface area contributed by atoms with Crippen molar-refractivity contribution >= 4 is 0 Å². The van der Waals surface area contributed by atoms with Gasteiger partial charge in [0, 0.05) is 0 Å². The molecular weight excluding hydrogens is 160 g/mol. The van der Waals surface area contributed by atoms with Gasteiger partial charge in [-0.15, -0.1) is 0 Å². The molecule has 74 valence electrons. The van der Waals surface area contributed by atoms with Crippen molar-refractivity contribution in [3.8, 4) is 0 Å². The number of aliphatic hydroxyl groups is 1. The summed E-state index contributed by atoms with van der Waals surface area (Å²) in [6, 6.07) is 0. The molecule has 0 radical (unpaired) electrons. The zero-order valence-corrected chi connectivity index (χ0v) is 8.77. The average molecular weight is 180 g/mol. The van der Waals surface area contributed by atoms with Crippen LogP contribution in [0.5, 0.6) is 0 Å². The molecule has 1 atom stereocenters. The molecule has 0 fully saturated rings. The second kappa shape index (κ2) is 3.13. The summed E-state index contributed by atoms with van der Waals surface area (Å²) in [6.45, 7) is 4.72. The summed E-state index contributed by atoms with van der Waals surface area (Å²) in [5.41, 5.74) is 3.67. The van der Waals surface area contributed by atoms with Crippen LogP contribution in [-0.2, 0) is 0 Å². The Morgan fingerprint density at radius 3 is 2.85 bits per heavy atom. The first kappa shape index (κ1) is 9.26. The zero-order chi connectivity index (χ0) is 9.47. The third-order valence-electron chi connectivity index (χ3n) is 3.73. The Balaban J connectivity index is 2.28. The lowest BCUT2D eigenvalue weighted by atomic mass is 9.67. The minimum Gasteiger partial charge on any atom is -0.393 e. The van der Waals surface area contributed by atoms with Gasteiger partial charge in [0.2, 0.25) is 0 Å². The third-order valence-corrected chi connectivity index (χ3v) is 3.73. The normalized spacial score (nSPS) is 33.0. The summed E-state index contributed by atoms with van der Waals surface area (Å²) >= 11 is 0. The predicted molar refractivity (Wildman–Crippen MR) is 54.5 cm³/mol. The van der Waals surface area contributed by atoms with Gasteiger partial charge in [-0.05, 0) is 43.9 Å². The first-order valence-corrected chi connectivity index (χ1v) is 5.49. The minimum atomic E-state index is -0.0485. The van der Waals surface area contributed by atoms with Crippen molar-refractivity contribution in [2.24, 2.45) is 5.41 Å². The smallest absolute Gasteiger partial charge is 0.0580 e. The lowest BCUT2D eigenvalue weighted by molar-refractivity contribution is 0.146. The van der Waals surface area contributed by atoms with Gasteiger partial charge in [0.05, 0.1) is 6.10 Å². The van der Waals surface area contributed by atoms with Crippen LogP contribution in [0, 0.1) is 5.41 Å². The highest BCUT2D eigenvalue weighted by Crippen LogP contribution is 2.46. The molecule has 0 saturated carbocycles. The van der Waals surface area contributed by atoms with Crippen LogP contribution in [0.3, 0.4) is 0 Å². The number of hydrogen-bond donors (Lipinski definition) is 1. The monoisotopic (exact) mass is 180 g/mol. The van der Waals surface area contributed by atoms with Gasteiger partial charge in [0.25, 0.3) is 0 Å². The van der Waals surface area contributed by atoms with E-state index in [9.17, 15) is 5.11 Å². The molecule has 0 heterocycles. The molecule has 1 nitrogen and oxygen atoms in total. The molecule has 0 spiro atoms. The van der Waals surface area contributed by atoms with Crippen molar-refractivity contribution in [3.05, 3.63) is 11.1 Å². The van der Waals surface area contributed by atoms with E-state index >= 15 is 0 Å². The summed E-state index contributed by atoms with van der Waals surface area (Å²) in [5, 5.41) is 9.58. The third kappa shape index (κ3) is 1.67. The average Bonchev–Trinajstić information content (AvgIpc) is 2.02. The van der Waals surface area contributed by atoms with E-state index in [0.717, 1.165) is 19.3 Å². The van der Waals surface area contributed by atoms with Gasteiger partial charge in [-0.1, -0.05) is 25.0 Å². The molecule has 1 N–H and O–H groups in total. The highest BCUT2D eigenvalue weighted by Gasteiger charge is 2.32. The zero-order valence-electron chi connectivity index (χ0n) is 8.77. The molecule has 1 unspecified atom stereocenters. The van der Waals surface area contributed by atoms with Crippen LogP contribution >= 0.6 is 0 Å². The van der Waals surface area contributed by atoms with E-state index in [4.69, 9.17) is 0 Å². The molecule has 1 heteroatoms. The number of rotatable bonds is 0. The summed E-state index contributed by atoms with van der Waals surface area (Å²) < 4.78 is 0. The largest absolute Gasteiger partial charge is 0.393 e. The molecule has 0 bridgehead atoms. The molecule has 0 aromatic rings. The Bertz CT molecular complexity index is 238. The molecule has 0 aliphatic heterocycles. The molecule has 0 aromatic heterocycles. The van der Waals surface area contributed by atoms with E-state index in [-0.39, 0.29) is 6.10 Å². The highest BCUT2D eigenvalue weighted by molar-refractivity contribution is 5.26. The predicted octanol–water partition coefficient (Wildman–Crippen LogP) is 3.04. The van der Waals surface area contributed by atoms with Crippen molar-refractivity contribution in [2.45, 2.75) is 58.5 Å². The summed E-state index contributed by atoms with van der Waals surface area (Å²) in [4.78, 5) is 0. The van der Waals surface area contributed by atoms with Gasteiger partial charge in [-0.25, -0.2) is 0 Å². The van der Waals surface area contributed by atoms with E-state index in [0.29, 0.717) is 5.41 Å². The first-order valence-electron chi connectivity index (χ1n) is 5.49. The van der Waals surface area contributed by atoms with Crippen LogP contribution in [0.1, 0.15) is 52.4 Å². The van der Waals surface area contributed by atoms with E-state index in [1.165, 1.54) is 19.3 Å². The fourth-order valence-electron chi connectivity index (χ4n) is 2.96. The number of aliphatic hydroxyl groups excluding tert-OH is 1. The molecule has 0 saturated heterocycles. The Hall–Kier alpha value is -0.300. The van der Waals surface area contributed by atoms with Crippen molar-refractivity contribution in [3.63, 3.8) is 0 Å². The SMILES string of the molecule is CC1(C)CCCC2=C1CCC(O)C2. The molecule has 13 heavy (non-hydrogen) atoms. The summed E-state index contributed by atoms with van der Waals surface area (Å²) in [5.74, 6) is 0. The van der Waals surface area contributed by atoms with E-state index < -0.39 is 0 Å². The van der Waals surface area contributed by atoms with E-state index in [1.807, 2.05) is 0 Å². The van der Waals surface area contributed by atoms with Crippen molar-refractivity contribution in [1.29, 1.82) is 0 Å². The van der Waals surface area contributed by atoms with Crippen molar-refractivity contribution in [2.75, 3.05) is 0 Å². The topological polar surface area (TPSA) is 20.2 Å². The fourth-order valence-corrected chi connectivity index (χ4v) is 2.96. The lowest BCUT2D eigenvalue weighted by Crippen LogP contribution is -2.27. The minimum absolute atomic E-state index is 0.0485. The fraction of sp³-hybridized carbons (Fsp3) is 0.833. The maximum Gasteiger partial charge on any atom is 0.0580 e. The van der Waals surface area contributed by atoms with Gasteiger partial charge in [0.15, 0.2) is 0 Å². The summed E-state index contributed by atoms with van der Waals surface area (Å²) in [7, 11) is 0. The van der Waals surface area contributed by atoms with Crippen LogP contribution in [0.15, 0.2) is 11.1 Å². The Morgan fingerprint density at radius 1 is 1.31 bits per heavy atom. The van der Waals surface area contributed by atoms with Gasteiger partial charge in [-0.3, -0.25) is 0 Å².